The average molecular weight is 335 g/mol. The van der Waals surface area contributed by atoms with E-state index in [0.29, 0.717) is 10.7 Å². The third kappa shape index (κ3) is 9.34. The fourth-order valence-electron chi connectivity index (χ4n) is 2.42. The van der Waals surface area contributed by atoms with Gasteiger partial charge in [0.05, 0.1) is 0 Å². The number of hydrogen-bond donors (Lipinski definition) is 2. The molecule has 0 fully saturated rings. The van der Waals surface area contributed by atoms with Crippen LogP contribution in [-0.4, -0.2) is 17.4 Å². The number of nitrogens with one attached hydrogen (secondary N) is 2. The number of Topliss-reactive ketones (excluding diaryl/α,β-unsaturated/α-hetero) is 1. The standard InChI is InChI=1S/C19H30N2OS/c1-3-4-5-6-7-8-9-10-15-20-19(23)21-18-13-11-17(12-14-18)16(2)22/h11-14H,3-10,15H2,1-2H3,(H2,20,21,23). The smallest absolute Gasteiger partial charge is 0.170 e. The average Bonchev–Trinajstić information content (AvgIpc) is 2.54. The lowest BCUT2D eigenvalue weighted by molar-refractivity contribution is 0.101. The summed E-state index contributed by atoms with van der Waals surface area (Å²) in [5.41, 5.74) is 1.62. The lowest BCUT2D eigenvalue weighted by atomic mass is 10.1. The Morgan fingerprint density at radius 3 is 2.09 bits per heavy atom. The van der Waals surface area contributed by atoms with Crippen molar-refractivity contribution in [2.45, 2.75) is 65.2 Å². The molecule has 0 aromatic heterocycles. The Hall–Kier alpha value is -1.42. The fraction of sp³-hybridized carbons (Fsp3) is 0.579. The normalized spacial score (nSPS) is 10.3. The number of carbonyl (C=O) groups excluding carboxylic acids is 1. The minimum Gasteiger partial charge on any atom is -0.362 e. The molecule has 0 saturated carbocycles. The molecule has 1 rings (SSSR count). The maximum Gasteiger partial charge on any atom is 0.170 e. The molecule has 128 valence electrons. The maximum atomic E-state index is 11.2. The van der Waals surface area contributed by atoms with E-state index in [-0.39, 0.29) is 5.78 Å². The molecular weight excluding hydrogens is 304 g/mol. The first kappa shape index (κ1) is 19.6. The van der Waals surface area contributed by atoms with Crippen LogP contribution in [0.25, 0.3) is 0 Å². The summed E-state index contributed by atoms with van der Waals surface area (Å²) in [5, 5.41) is 7.02. The Morgan fingerprint density at radius 1 is 0.957 bits per heavy atom. The van der Waals surface area contributed by atoms with E-state index in [9.17, 15) is 4.79 Å². The van der Waals surface area contributed by atoms with Crippen LogP contribution < -0.4 is 10.6 Å². The van der Waals surface area contributed by atoms with Gasteiger partial charge in [0, 0.05) is 17.8 Å². The Labute approximate surface area is 146 Å². The summed E-state index contributed by atoms with van der Waals surface area (Å²) >= 11 is 5.28. The molecule has 2 N–H and O–H groups in total. The van der Waals surface area contributed by atoms with Gasteiger partial charge in [-0.05, 0) is 49.8 Å². The topological polar surface area (TPSA) is 41.1 Å². The Balaban J connectivity index is 2.07. The number of ketones is 1. The van der Waals surface area contributed by atoms with E-state index in [1.54, 1.807) is 6.92 Å². The van der Waals surface area contributed by atoms with Gasteiger partial charge < -0.3 is 10.6 Å². The summed E-state index contributed by atoms with van der Waals surface area (Å²) < 4.78 is 0. The van der Waals surface area contributed by atoms with Crippen molar-refractivity contribution in [3.8, 4) is 0 Å². The molecule has 0 aliphatic heterocycles. The van der Waals surface area contributed by atoms with Crippen molar-refractivity contribution >= 4 is 28.8 Å². The molecule has 0 unspecified atom stereocenters. The molecule has 0 aliphatic rings. The summed E-state index contributed by atoms with van der Waals surface area (Å²) in [5.74, 6) is 0.0759. The molecule has 23 heavy (non-hydrogen) atoms. The molecule has 3 nitrogen and oxygen atoms in total. The largest absolute Gasteiger partial charge is 0.362 e. The molecule has 0 atom stereocenters. The lowest BCUT2D eigenvalue weighted by Gasteiger charge is -2.10. The summed E-state index contributed by atoms with van der Waals surface area (Å²) in [7, 11) is 0. The van der Waals surface area contributed by atoms with Crippen LogP contribution >= 0.6 is 12.2 Å². The van der Waals surface area contributed by atoms with E-state index in [4.69, 9.17) is 12.2 Å². The SMILES string of the molecule is CCCCCCCCCCNC(=S)Nc1ccc(C(C)=O)cc1. The van der Waals surface area contributed by atoms with Crippen LogP contribution in [0.3, 0.4) is 0 Å². The lowest BCUT2D eigenvalue weighted by Crippen LogP contribution is -2.29. The number of unbranched alkanes of at least 4 members (excludes halogenated alkanes) is 7. The molecule has 4 heteroatoms. The van der Waals surface area contributed by atoms with Gasteiger partial charge in [-0.3, -0.25) is 4.79 Å². The van der Waals surface area contributed by atoms with Gasteiger partial charge in [-0.25, -0.2) is 0 Å². The number of benzene rings is 1. The second-order valence-corrected chi connectivity index (χ2v) is 6.40. The van der Waals surface area contributed by atoms with Crippen LogP contribution in [0.4, 0.5) is 5.69 Å². The van der Waals surface area contributed by atoms with Crippen LogP contribution in [0.1, 0.15) is 75.6 Å². The van der Waals surface area contributed by atoms with Gasteiger partial charge in [0.2, 0.25) is 0 Å². The van der Waals surface area contributed by atoms with Crippen molar-refractivity contribution in [2.75, 3.05) is 11.9 Å². The zero-order chi connectivity index (χ0) is 16.9. The van der Waals surface area contributed by atoms with Crippen LogP contribution in [-0.2, 0) is 0 Å². The zero-order valence-corrected chi connectivity index (χ0v) is 15.3. The minimum atomic E-state index is 0.0759. The van der Waals surface area contributed by atoms with E-state index in [0.717, 1.165) is 18.7 Å². The van der Waals surface area contributed by atoms with Crippen LogP contribution in [0.2, 0.25) is 0 Å². The van der Waals surface area contributed by atoms with E-state index in [1.165, 1.54) is 44.9 Å². The number of thiocarbonyl (C=S) groups is 1. The van der Waals surface area contributed by atoms with Crippen molar-refractivity contribution in [2.24, 2.45) is 0 Å². The van der Waals surface area contributed by atoms with Crippen molar-refractivity contribution in [1.82, 2.24) is 5.32 Å². The number of carbonyl (C=O) groups is 1. The maximum absolute atomic E-state index is 11.2. The summed E-state index contributed by atoms with van der Waals surface area (Å²) in [6.07, 6.45) is 10.5. The molecule has 0 amide bonds. The van der Waals surface area contributed by atoms with Gasteiger partial charge in [-0.15, -0.1) is 0 Å². The van der Waals surface area contributed by atoms with Crippen molar-refractivity contribution in [3.63, 3.8) is 0 Å². The summed E-state index contributed by atoms with van der Waals surface area (Å²) in [6.45, 7) is 4.73. The van der Waals surface area contributed by atoms with Crippen molar-refractivity contribution in [1.29, 1.82) is 0 Å². The predicted molar refractivity (Wildman–Crippen MR) is 103 cm³/mol. The fourth-order valence-corrected chi connectivity index (χ4v) is 2.64. The molecule has 1 aromatic carbocycles. The van der Waals surface area contributed by atoms with Gasteiger partial charge in [-0.1, -0.05) is 51.9 Å². The van der Waals surface area contributed by atoms with Gasteiger partial charge >= 0.3 is 0 Å². The second kappa shape index (κ2) is 12.1. The first-order valence-corrected chi connectivity index (χ1v) is 9.20. The second-order valence-electron chi connectivity index (χ2n) is 5.99. The van der Waals surface area contributed by atoms with E-state index in [1.807, 2.05) is 24.3 Å². The first-order valence-electron chi connectivity index (χ1n) is 8.79. The molecule has 0 bridgehead atoms. The quantitative estimate of drug-likeness (QED) is 0.327. The minimum absolute atomic E-state index is 0.0759. The van der Waals surface area contributed by atoms with E-state index in [2.05, 4.69) is 17.6 Å². The van der Waals surface area contributed by atoms with Gasteiger partial charge in [0.1, 0.15) is 0 Å². The summed E-state index contributed by atoms with van der Waals surface area (Å²) in [4.78, 5) is 11.2. The van der Waals surface area contributed by atoms with Crippen molar-refractivity contribution < 1.29 is 4.79 Å². The van der Waals surface area contributed by atoms with E-state index >= 15 is 0 Å². The number of anilines is 1. The third-order valence-corrected chi connectivity index (χ3v) is 4.11. The van der Waals surface area contributed by atoms with Crippen LogP contribution in [0.15, 0.2) is 24.3 Å². The predicted octanol–water partition coefficient (Wildman–Crippen LogP) is 5.32. The van der Waals surface area contributed by atoms with Crippen LogP contribution in [0.5, 0.6) is 0 Å². The molecule has 0 radical (unpaired) electrons. The highest BCUT2D eigenvalue weighted by atomic mass is 32.1. The molecule has 0 saturated heterocycles. The number of hydrogen-bond acceptors (Lipinski definition) is 2. The summed E-state index contributed by atoms with van der Waals surface area (Å²) in [6, 6.07) is 7.37. The Morgan fingerprint density at radius 2 is 1.52 bits per heavy atom. The highest BCUT2D eigenvalue weighted by Gasteiger charge is 2.00. The van der Waals surface area contributed by atoms with Gasteiger partial charge in [-0.2, -0.15) is 0 Å². The molecule has 0 heterocycles. The molecule has 0 aliphatic carbocycles. The highest BCUT2D eigenvalue weighted by molar-refractivity contribution is 7.80. The number of rotatable bonds is 11. The van der Waals surface area contributed by atoms with Crippen LogP contribution in [0, 0.1) is 0 Å². The zero-order valence-electron chi connectivity index (χ0n) is 14.5. The third-order valence-electron chi connectivity index (χ3n) is 3.87. The Bertz CT molecular complexity index is 471. The van der Waals surface area contributed by atoms with Gasteiger partial charge in [0.25, 0.3) is 0 Å². The monoisotopic (exact) mass is 334 g/mol. The Kier molecular flexibility index (Phi) is 10.3. The van der Waals surface area contributed by atoms with E-state index < -0.39 is 0 Å². The highest BCUT2D eigenvalue weighted by Crippen LogP contribution is 2.10. The van der Waals surface area contributed by atoms with Crippen molar-refractivity contribution in [3.05, 3.63) is 29.8 Å². The van der Waals surface area contributed by atoms with Gasteiger partial charge in [0.15, 0.2) is 10.9 Å². The molecule has 1 aromatic rings. The molecule has 0 spiro atoms. The molecular formula is C19H30N2OS. The first-order chi connectivity index (χ1) is 11.1.